The number of aromatic hydroxyl groups is 1. The third-order valence-corrected chi connectivity index (χ3v) is 3.42. The first-order valence-corrected chi connectivity index (χ1v) is 7.33. The molecular formula is C16H17NO6. The van der Waals surface area contributed by atoms with Crippen molar-refractivity contribution in [2.24, 2.45) is 0 Å². The molecule has 0 fully saturated rings. The van der Waals surface area contributed by atoms with Crippen LogP contribution in [-0.4, -0.2) is 35.5 Å². The molecule has 1 aliphatic carbocycles. The normalized spacial score (nSPS) is 15.0. The maximum absolute atomic E-state index is 11.9. The first-order valence-electron chi connectivity index (χ1n) is 7.33. The van der Waals surface area contributed by atoms with Gasteiger partial charge in [0.25, 0.3) is 0 Å². The molecule has 7 nitrogen and oxygen atoms in total. The predicted molar refractivity (Wildman–Crippen MR) is 81.1 cm³/mol. The van der Waals surface area contributed by atoms with Crippen molar-refractivity contribution >= 4 is 22.9 Å². The van der Waals surface area contributed by atoms with E-state index in [1.54, 1.807) is 0 Å². The molecule has 1 heterocycles. The lowest BCUT2D eigenvalue weighted by molar-refractivity contribution is -0.136. The molecule has 1 aromatic rings. The van der Waals surface area contributed by atoms with Crippen LogP contribution < -0.4 is 10.7 Å². The van der Waals surface area contributed by atoms with Crippen molar-refractivity contribution in [3.05, 3.63) is 33.9 Å². The van der Waals surface area contributed by atoms with E-state index in [0.29, 0.717) is 18.6 Å². The van der Waals surface area contributed by atoms with E-state index < -0.39 is 34.9 Å². The molecule has 0 aromatic carbocycles. The van der Waals surface area contributed by atoms with Gasteiger partial charge in [0.15, 0.2) is 11.5 Å². The Kier molecular flexibility index (Phi) is 5.23. The highest BCUT2D eigenvalue weighted by molar-refractivity contribution is 6.53. The molecule has 0 aliphatic heterocycles. The van der Waals surface area contributed by atoms with E-state index >= 15 is 0 Å². The van der Waals surface area contributed by atoms with Gasteiger partial charge in [-0.1, -0.05) is 6.92 Å². The molecule has 7 heteroatoms. The van der Waals surface area contributed by atoms with E-state index in [0.717, 1.165) is 25.2 Å². The summed E-state index contributed by atoms with van der Waals surface area (Å²) in [5, 5.41) is 13.0. The van der Waals surface area contributed by atoms with Crippen LogP contribution in [0.15, 0.2) is 21.4 Å². The van der Waals surface area contributed by atoms with Gasteiger partial charge in [-0.25, -0.2) is 0 Å². The Morgan fingerprint density at radius 2 is 1.96 bits per heavy atom. The number of allylic oxidation sites excluding steroid dienone is 2. The van der Waals surface area contributed by atoms with Gasteiger partial charge in [0.2, 0.25) is 22.7 Å². The Labute approximate surface area is 132 Å². The largest absolute Gasteiger partial charge is 0.502 e. The number of carbonyl (C=O) groups excluding carboxylic acids is 3. The summed E-state index contributed by atoms with van der Waals surface area (Å²) in [6.45, 7) is 3.52. The van der Waals surface area contributed by atoms with E-state index in [2.05, 4.69) is 5.32 Å². The summed E-state index contributed by atoms with van der Waals surface area (Å²) in [4.78, 5) is 46.4. The molecule has 1 aliphatic rings. The van der Waals surface area contributed by atoms with Crippen molar-refractivity contribution < 1.29 is 23.9 Å². The zero-order chi connectivity index (χ0) is 17.0. The van der Waals surface area contributed by atoms with Gasteiger partial charge in [0.05, 0.1) is 12.0 Å². The van der Waals surface area contributed by atoms with Gasteiger partial charge >= 0.3 is 0 Å². The smallest absolute Gasteiger partial charge is 0.227 e. The van der Waals surface area contributed by atoms with Gasteiger partial charge in [-0.15, -0.1) is 0 Å². The molecule has 2 rings (SSSR count). The second kappa shape index (κ2) is 7.15. The van der Waals surface area contributed by atoms with Gasteiger partial charge in [-0.3, -0.25) is 19.2 Å². The number of Topliss-reactive ketones (excluding diaryl/α,β-unsaturated/α-hetero) is 2. The Bertz CT molecular complexity index is 743. The molecule has 0 saturated carbocycles. The van der Waals surface area contributed by atoms with Gasteiger partial charge in [0, 0.05) is 18.6 Å². The average molecular weight is 319 g/mol. The van der Waals surface area contributed by atoms with Crippen LogP contribution >= 0.6 is 0 Å². The molecule has 122 valence electrons. The predicted octanol–water partition coefficient (Wildman–Crippen LogP) is 0.382. The van der Waals surface area contributed by atoms with Gasteiger partial charge < -0.3 is 14.8 Å². The Hall–Kier alpha value is -2.54. The quantitative estimate of drug-likeness (QED) is 0.442. The second-order valence-electron chi connectivity index (χ2n) is 5.16. The van der Waals surface area contributed by atoms with Crippen LogP contribution in [0.25, 0.3) is 5.57 Å². The summed E-state index contributed by atoms with van der Waals surface area (Å²) >= 11 is 0. The first kappa shape index (κ1) is 16.8. The van der Waals surface area contributed by atoms with Crippen LogP contribution in [0.2, 0.25) is 0 Å². The average Bonchev–Trinajstić information content (AvgIpc) is 2.51. The summed E-state index contributed by atoms with van der Waals surface area (Å²) in [6.07, 6.45) is 1.36. The molecule has 23 heavy (non-hydrogen) atoms. The standard InChI is InChI=1S/C16H17NO6/c1-2-17-5-3-4-9-6-14(21)15(22)16(23-9)10-7-12(19)13(20)8-11(10)18/h6-7,17,22H,2-5,8H2,1H3. The summed E-state index contributed by atoms with van der Waals surface area (Å²) in [5.74, 6) is -3.10. The molecule has 0 saturated heterocycles. The Morgan fingerprint density at radius 1 is 1.22 bits per heavy atom. The number of ketones is 3. The van der Waals surface area contributed by atoms with E-state index in [-0.39, 0.29) is 11.3 Å². The van der Waals surface area contributed by atoms with Gasteiger partial charge in [-0.05, 0) is 19.5 Å². The SMILES string of the molecule is CCNCCCc1cc(=O)c(O)c(C2=CC(=O)C(=O)CC2=O)o1. The molecule has 0 atom stereocenters. The summed E-state index contributed by atoms with van der Waals surface area (Å²) < 4.78 is 5.43. The van der Waals surface area contributed by atoms with E-state index in [4.69, 9.17) is 4.42 Å². The van der Waals surface area contributed by atoms with Crippen LogP contribution in [0, 0.1) is 0 Å². The first-order chi connectivity index (χ1) is 10.9. The number of hydrogen-bond acceptors (Lipinski definition) is 7. The molecule has 2 N–H and O–H groups in total. The summed E-state index contributed by atoms with van der Waals surface area (Å²) in [5.41, 5.74) is -0.930. The van der Waals surface area contributed by atoms with Crippen LogP contribution in [0.3, 0.4) is 0 Å². The van der Waals surface area contributed by atoms with Crippen LogP contribution in [0.5, 0.6) is 5.75 Å². The lowest BCUT2D eigenvalue weighted by atomic mass is 9.94. The van der Waals surface area contributed by atoms with E-state index in [9.17, 15) is 24.3 Å². The van der Waals surface area contributed by atoms with Gasteiger partial charge in [-0.2, -0.15) is 0 Å². The third kappa shape index (κ3) is 3.81. The lowest BCUT2D eigenvalue weighted by Gasteiger charge is -2.12. The lowest BCUT2D eigenvalue weighted by Crippen LogP contribution is -2.23. The fourth-order valence-electron chi connectivity index (χ4n) is 2.22. The maximum atomic E-state index is 11.9. The number of carbonyl (C=O) groups is 3. The highest BCUT2D eigenvalue weighted by Crippen LogP contribution is 2.27. The van der Waals surface area contributed by atoms with Crippen molar-refractivity contribution in [2.75, 3.05) is 13.1 Å². The zero-order valence-electron chi connectivity index (χ0n) is 12.7. The second-order valence-corrected chi connectivity index (χ2v) is 5.16. The zero-order valence-corrected chi connectivity index (χ0v) is 12.7. The summed E-state index contributed by atoms with van der Waals surface area (Å²) in [7, 11) is 0. The topological polar surface area (TPSA) is 114 Å². The van der Waals surface area contributed by atoms with E-state index in [1.807, 2.05) is 6.92 Å². The number of hydrogen-bond donors (Lipinski definition) is 2. The molecular weight excluding hydrogens is 302 g/mol. The Morgan fingerprint density at radius 3 is 2.65 bits per heavy atom. The van der Waals surface area contributed by atoms with Crippen molar-refractivity contribution in [3.63, 3.8) is 0 Å². The number of aryl methyl sites for hydroxylation is 1. The van der Waals surface area contributed by atoms with Crippen LogP contribution in [0.1, 0.15) is 31.3 Å². The molecule has 0 bridgehead atoms. The molecule has 0 unspecified atom stereocenters. The third-order valence-electron chi connectivity index (χ3n) is 3.42. The van der Waals surface area contributed by atoms with Crippen molar-refractivity contribution in [1.82, 2.24) is 5.32 Å². The molecule has 0 radical (unpaired) electrons. The summed E-state index contributed by atoms with van der Waals surface area (Å²) in [6, 6.07) is 1.16. The molecule has 0 amide bonds. The fourth-order valence-corrected chi connectivity index (χ4v) is 2.22. The fraction of sp³-hybridized carbons (Fsp3) is 0.375. The highest BCUT2D eigenvalue weighted by Gasteiger charge is 2.30. The monoisotopic (exact) mass is 319 g/mol. The molecule has 1 aromatic heterocycles. The minimum Gasteiger partial charge on any atom is -0.502 e. The minimum absolute atomic E-state index is 0.238. The van der Waals surface area contributed by atoms with Crippen LogP contribution in [-0.2, 0) is 20.8 Å². The van der Waals surface area contributed by atoms with Crippen molar-refractivity contribution in [2.45, 2.75) is 26.2 Å². The van der Waals surface area contributed by atoms with Crippen LogP contribution in [0.4, 0.5) is 0 Å². The number of nitrogens with one attached hydrogen (secondary N) is 1. The van der Waals surface area contributed by atoms with Gasteiger partial charge in [0.1, 0.15) is 5.76 Å². The highest BCUT2D eigenvalue weighted by atomic mass is 16.4. The maximum Gasteiger partial charge on any atom is 0.227 e. The number of rotatable bonds is 6. The minimum atomic E-state index is -0.848. The van der Waals surface area contributed by atoms with E-state index in [1.165, 1.54) is 0 Å². The Balaban J connectivity index is 2.34. The van der Waals surface area contributed by atoms with Crippen molar-refractivity contribution in [3.8, 4) is 5.75 Å². The van der Waals surface area contributed by atoms with Crippen molar-refractivity contribution in [1.29, 1.82) is 0 Å². The molecule has 0 spiro atoms.